The normalized spacial score (nSPS) is 12.7. The molecular weight excluding hydrogens is 328 g/mol. The molecule has 126 valence electrons. The molecule has 0 aliphatic heterocycles. The van der Waals surface area contributed by atoms with Gasteiger partial charge in [-0.3, -0.25) is 0 Å². The van der Waals surface area contributed by atoms with Crippen LogP contribution < -0.4 is 5.32 Å². The molecule has 1 aliphatic rings. The van der Waals surface area contributed by atoms with E-state index in [0.717, 1.165) is 47.7 Å². The molecule has 5 heteroatoms. The first kappa shape index (κ1) is 17.3. The third-order valence-corrected chi connectivity index (χ3v) is 5.36. The van der Waals surface area contributed by atoms with E-state index >= 15 is 0 Å². The second kappa shape index (κ2) is 8.55. The molecule has 25 heavy (non-hydrogen) atoms. The van der Waals surface area contributed by atoms with Crippen molar-refractivity contribution in [3.05, 3.63) is 58.3 Å². The van der Waals surface area contributed by atoms with Crippen molar-refractivity contribution in [2.45, 2.75) is 31.4 Å². The third-order valence-electron chi connectivity index (χ3n) is 4.36. The fourth-order valence-electron chi connectivity index (χ4n) is 3.03. The summed E-state index contributed by atoms with van der Waals surface area (Å²) < 4.78 is 0. The van der Waals surface area contributed by atoms with Crippen molar-refractivity contribution in [2.75, 3.05) is 17.6 Å². The summed E-state index contributed by atoms with van der Waals surface area (Å²) in [5.74, 6) is 2.42. The molecule has 1 aromatic heterocycles. The topological polar surface area (TPSA) is 72.5 Å². The van der Waals surface area contributed by atoms with Crippen LogP contribution in [0, 0.1) is 22.7 Å². The Bertz CT molecular complexity index is 833. The quantitative estimate of drug-likeness (QED) is 0.797. The lowest BCUT2D eigenvalue weighted by Gasteiger charge is -2.17. The number of anilines is 1. The summed E-state index contributed by atoms with van der Waals surface area (Å²) in [5.41, 5.74) is 4.82. The summed E-state index contributed by atoms with van der Waals surface area (Å²) >= 11 is 1.77. The summed E-state index contributed by atoms with van der Waals surface area (Å²) in [6.07, 6.45) is 4.41. The number of thioether (sulfide) groups is 1. The molecule has 0 fully saturated rings. The molecule has 0 amide bonds. The van der Waals surface area contributed by atoms with Crippen LogP contribution in [0.4, 0.5) is 5.82 Å². The van der Waals surface area contributed by atoms with E-state index in [9.17, 15) is 5.26 Å². The Morgan fingerprint density at radius 1 is 1.08 bits per heavy atom. The molecular formula is C20H20N4S. The first-order valence-corrected chi connectivity index (χ1v) is 9.70. The van der Waals surface area contributed by atoms with Gasteiger partial charge in [0.1, 0.15) is 11.9 Å². The Balaban J connectivity index is 1.54. The van der Waals surface area contributed by atoms with Crippen molar-refractivity contribution in [1.82, 2.24) is 4.98 Å². The van der Waals surface area contributed by atoms with Crippen LogP contribution in [-0.4, -0.2) is 17.3 Å². The van der Waals surface area contributed by atoms with Gasteiger partial charge in [0.05, 0.1) is 17.2 Å². The minimum Gasteiger partial charge on any atom is -0.368 e. The molecule has 0 spiro atoms. The zero-order chi connectivity index (χ0) is 17.5. The van der Waals surface area contributed by atoms with Gasteiger partial charge in [-0.2, -0.15) is 22.3 Å². The van der Waals surface area contributed by atoms with E-state index in [2.05, 4.69) is 22.4 Å². The fraction of sp³-hybridized carbons (Fsp3) is 0.350. The number of fused-ring (bicyclic) bond motifs is 1. The van der Waals surface area contributed by atoms with E-state index in [4.69, 9.17) is 5.26 Å². The molecule has 0 atom stereocenters. The van der Waals surface area contributed by atoms with Crippen LogP contribution in [0.15, 0.2) is 30.3 Å². The van der Waals surface area contributed by atoms with Crippen molar-refractivity contribution in [1.29, 1.82) is 10.5 Å². The second-order valence-corrected chi connectivity index (χ2v) is 7.16. The van der Waals surface area contributed by atoms with Gasteiger partial charge in [-0.1, -0.05) is 18.2 Å². The monoisotopic (exact) mass is 348 g/mol. The number of benzene rings is 1. The van der Waals surface area contributed by atoms with Crippen molar-refractivity contribution in [3.8, 4) is 12.1 Å². The Labute approximate surface area is 152 Å². The van der Waals surface area contributed by atoms with E-state index < -0.39 is 0 Å². The first-order valence-electron chi connectivity index (χ1n) is 8.54. The number of aryl methyl sites for hydroxylation is 2. The summed E-state index contributed by atoms with van der Waals surface area (Å²) in [7, 11) is 0. The number of pyridine rings is 1. The molecule has 1 heterocycles. The van der Waals surface area contributed by atoms with Crippen LogP contribution in [0.3, 0.4) is 0 Å². The van der Waals surface area contributed by atoms with Gasteiger partial charge in [0.15, 0.2) is 0 Å². The lowest BCUT2D eigenvalue weighted by molar-refractivity contribution is 0.668. The standard InChI is InChI=1S/C20H20N4S/c21-12-16-6-1-2-7-17(16)14-25-10-9-23-20-18(13-22)11-15-5-3-4-8-19(15)24-20/h1-2,6-7,11H,3-5,8-10,14H2,(H,23,24). The van der Waals surface area contributed by atoms with E-state index in [1.807, 2.05) is 30.3 Å². The van der Waals surface area contributed by atoms with E-state index in [1.54, 1.807) is 11.8 Å². The minimum atomic E-state index is 0.639. The zero-order valence-corrected chi connectivity index (χ0v) is 14.9. The predicted octanol–water partition coefficient (Wildman–Crippen LogP) is 4.05. The van der Waals surface area contributed by atoms with Gasteiger partial charge in [0.25, 0.3) is 0 Å². The average Bonchev–Trinajstić information content (AvgIpc) is 2.67. The summed E-state index contributed by atoms with van der Waals surface area (Å²) in [6.45, 7) is 0.750. The Morgan fingerprint density at radius 3 is 2.72 bits per heavy atom. The number of nitriles is 2. The van der Waals surface area contributed by atoms with Crippen molar-refractivity contribution in [3.63, 3.8) is 0 Å². The van der Waals surface area contributed by atoms with Crippen LogP contribution in [0.2, 0.25) is 0 Å². The van der Waals surface area contributed by atoms with Crippen LogP contribution in [0.25, 0.3) is 0 Å². The number of hydrogen-bond acceptors (Lipinski definition) is 5. The number of nitrogens with zero attached hydrogens (tertiary/aromatic N) is 3. The molecule has 1 aliphatic carbocycles. The van der Waals surface area contributed by atoms with E-state index in [-0.39, 0.29) is 0 Å². The van der Waals surface area contributed by atoms with Crippen molar-refractivity contribution in [2.24, 2.45) is 0 Å². The summed E-state index contributed by atoms with van der Waals surface area (Å²) in [6, 6.07) is 14.2. The Morgan fingerprint density at radius 2 is 1.88 bits per heavy atom. The first-order chi connectivity index (χ1) is 12.3. The molecule has 0 radical (unpaired) electrons. The Kier molecular flexibility index (Phi) is 5.93. The highest BCUT2D eigenvalue weighted by molar-refractivity contribution is 7.98. The van der Waals surface area contributed by atoms with Crippen LogP contribution in [-0.2, 0) is 18.6 Å². The predicted molar refractivity (Wildman–Crippen MR) is 101 cm³/mol. The fourth-order valence-corrected chi connectivity index (χ4v) is 3.90. The Hall–Kier alpha value is -2.50. The number of nitrogens with one attached hydrogen (secondary N) is 1. The lowest BCUT2D eigenvalue weighted by atomic mass is 9.95. The molecule has 0 saturated carbocycles. The maximum absolute atomic E-state index is 9.36. The summed E-state index contributed by atoms with van der Waals surface area (Å²) in [5, 5.41) is 21.8. The molecule has 0 saturated heterocycles. The number of rotatable bonds is 6. The SMILES string of the molecule is N#Cc1ccccc1CSCCNc1nc2c(cc1C#N)CCCC2. The van der Waals surface area contributed by atoms with Crippen molar-refractivity contribution < 1.29 is 0 Å². The van der Waals surface area contributed by atoms with E-state index in [1.165, 1.54) is 18.4 Å². The highest BCUT2D eigenvalue weighted by Gasteiger charge is 2.14. The van der Waals surface area contributed by atoms with Gasteiger partial charge >= 0.3 is 0 Å². The molecule has 2 aromatic rings. The molecule has 4 nitrogen and oxygen atoms in total. The summed E-state index contributed by atoms with van der Waals surface area (Å²) in [4.78, 5) is 4.68. The van der Waals surface area contributed by atoms with Gasteiger partial charge in [-0.15, -0.1) is 0 Å². The third kappa shape index (κ3) is 4.32. The van der Waals surface area contributed by atoms with Gasteiger partial charge < -0.3 is 5.32 Å². The lowest BCUT2D eigenvalue weighted by Crippen LogP contribution is -2.12. The minimum absolute atomic E-state index is 0.639. The maximum atomic E-state index is 9.36. The van der Waals surface area contributed by atoms with E-state index in [0.29, 0.717) is 11.4 Å². The van der Waals surface area contributed by atoms with Gasteiger partial charge in [-0.25, -0.2) is 4.98 Å². The molecule has 0 bridgehead atoms. The van der Waals surface area contributed by atoms with Crippen LogP contribution in [0.5, 0.6) is 0 Å². The highest BCUT2D eigenvalue weighted by Crippen LogP contribution is 2.24. The van der Waals surface area contributed by atoms with Crippen LogP contribution >= 0.6 is 11.8 Å². The smallest absolute Gasteiger partial charge is 0.144 e. The molecule has 1 N–H and O–H groups in total. The largest absolute Gasteiger partial charge is 0.368 e. The second-order valence-electron chi connectivity index (χ2n) is 6.06. The number of aromatic nitrogens is 1. The van der Waals surface area contributed by atoms with Gasteiger partial charge in [0, 0.05) is 23.7 Å². The van der Waals surface area contributed by atoms with Gasteiger partial charge in [-0.05, 0) is 48.9 Å². The van der Waals surface area contributed by atoms with Crippen molar-refractivity contribution >= 4 is 17.6 Å². The average molecular weight is 348 g/mol. The number of hydrogen-bond donors (Lipinski definition) is 1. The zero-order valence-electron chi connectivity index (χ0n) is 14.1. The maximum Gasteiger partial charge on any atom is 0.144 e. The molecule has 1 aromatic carbocycles. The molecule has 3 rings (SSSR count). The van der Waals surface area contributed by atoms with Gasteiger partial charge in [0.2, 0.25) is 0 Å². The van der Waals surface area contributed by atoms with Crippen LogP contribution in [0.1, 0.15) is 40.8 Å². The molecule has 0 unspecified atom stereocenters. The highest BCUT2D eigenvalue weighted by atomic mass is 32.2.